The van der Waals surface area contributed by atoms with Crippen LogP contribution in [0.3, 0.4) is 0 Å². The first-order chi connectivity index (χ1) is 12.0. The summed E-state index contributed by atoms with van der Waals surface area (Å²) in [7, 11) is 0. The SMILES string of the molecule is Cc1cc(Cl)ccc1O[C@H](C)C(=O)Nc1nc(-c2ccccn2)cs1. The highest BCUT2D eigenvalue weighted by Gasteiger charge is 2.17. The number of halogens is 1. The summed E-state index contributed by atoms with van der Waals surface area (Å²) in [4.78, 5) is 21.0. The summed E-state index contributed by atoms with van der Waals surface area (Å²) < 4.78 is 5.72. The van der Waals surface area contributed by atoms with Crippen LogP contribution in [0.1, 0.15) is 12.5 Å². The molecular formula is C18H16ClN3O2S. The molecule has 25 heavy (non-hydrogen) atoms. The first kappa shape index (κ1) is 17.4. The minimum atomic E-state index is -0.665. The number of aromatic nitrogens is 2. The van der Waals surface area contributed by atoms with Gasteiger partial charge in [0.05, 0.1) is 5.69 Å². The molecule has 0 saturated heterocycles. The summed E-state index contributed by atoms with van der Waals surface area (Å²) in [5.41, 5.74) is 2.36. The molecule has 2 heterocycles. The maximum Gasteiger partial charge on any atom is 0.266 e. The van der Waals surface area contributed by atoms with Gasteiger partial charge in [0.2, 0.25) is 0 Å². The Hall–Kier alpha value is -2.44. The van der Waals surface area contributed by atoms with Gasteiger partial charge in [-0.15, -0.1) is 11.3 Å². The molecule has 3 rings (SSSR count). The molecular weight excluding hydrogens is 358 g/mol. The van der Waals surface area contributed by atoms with Crippen LogP contribution in [-0.4, -0.2) is 22.0 Å². The van der Waals surface area contributed by atoms with Crippen LogP contribution in [0.15, 0.2) is 48.0 Å². The third kappa shape index (κ3) is 4.35. The highest BCUT2D eigenvalue weighted by molar-refractivity contribution is 7.14. The molecule has 1 atom stereocenters. The average molecular weight is 374 g/mol. The topological polar surface area (TPSA) is 64.1 Å². The van der Waals surface area contributed by atoms with Crippen LogP contribution in [-0.2, 0) is 4.79 Å². The summed E-state index contributed by atoms with van der Waals surface area (Å²) in [6, 6.07) is 10.9. The van der Waals surface area contributed by atoms with Gasteiger partial charge in [0, 0.05) is 16.6 Å². The summed E-state index contributed by atoms with van der Waals surface area (Å²) in [5.74, 6) is 0.358. The molecule has 0 radical (unpaired) electrons. The smallest absolute Gasteiger partial charge is 0.266 e. The van der Waals surface area contributed by atoms with Gasteiger partial charge in [-0.2, -0.15) is 0 Å². The zero-order valence-electron chi connectivity index (χ0n) is 13.7. The Balaban J connectivity index is 1.65. The normalized spacial score (nSPS) is 11.8. The van der Waals surface area contributed by atoms with Crippen LogP contribution >= 0.6 is 22.9 Å². The first-order valence-electron chi connectivity index (χ1n) is 7.63. The molecule has 0 saturated carbocycles. The number of rotatable bonds is 5. The lowest BCUT2D eigenvalue weighted by atomic mass is 10.2. The van der Waals surface area contributed by atoms with Crippen molar-refractivity contribution in [3.05, 3.63) is 58.6 Å². The zero-order chi connectivity index (χ0) is 17.8. The van der Waals surface area contributed by atoms with Gasteiger partial charge in [0.15, 0.2) is 11.2 Å². The van der Waals surface area contributed by atoms with E-state index in [0.29, 0.717) is 15.9 Å². The Labute approximate surface area is 154 Å². The molecule has 0 aliphatic carbocycles. The van der Waals surface area contributed by atoms with E-state index in [1.54, 1.807) is 31.3 Å². The molecule has 128 valence electrons. The predicted octanol–water partition coefficient (Wildman–Crippen LogP) is 4.57. The Morgan fingerprint density at radius 1 is 1.28 bits per heavy atom. The molecule has 0 spiro atoms. The van der Waals surface area contributed by atoms with E-state index in [0.717, 1.165) is 17.0 Å². The third-order valence-corrected chi connectivity index (χ3v) is 4.46. The van der Waals surface area contributed by atoms with E-state index in [9.17, 15) is 4.79 Å². The molecule has 1 aromatic carbocycles. The maximum absolute atomic E-state index is 12.3. The fourth-order valence-corrected chi connectivity index (χ4v) is 3.09. The number of benzene rings is 1. The lowest BCUT2D eigenvalue weighted by molar-refractivity contribution is -0.122. The van der Waals surface area contributed by atoms with Gasteiger partial charge in [0.25, 0.3) is 5.91 Å². The lowest BCUT2D eigenvalue weighted by Crippen LogP contribution is -2.30. The Kier molecular flexibility index (Phi) is 5.31. The van der Waals surface area contributed by atoms with Crippen LogP contribution in [0.2, 0.25) is 5.02 Å². The van der Waals surface area contributed by atoms with Crippen molar-refractivity contribution in [2.24, 2.45) is 0 Å². The Bertz CT molecular complexity index is 883. The van der Waals surface area contributed by atoms with Crippen molar-refractivity contribution in [3.63, 3.8) is 0 Å². The lowest BCUT2D eigenvalue weighted by Gasteiger charge is -2.15. The zero-order valence-corrected chi connectivity index (χ0v) is 15.3. The average Bonchev–Trinajstić information content (AvgIpc) is 3.06. The summed E-state index contributed by atoms with van der Waals surface area (Å²) in [6.45, 7) is 3.57. The molecule has 1 amide bonds. The number of pyridine rings is 1. The van der Waals surface area contributed by atoms with E-state index in [4.69, 9.17) is 16.3 Å². The molecule has 1 N–H and O–H groups in total. The third-order valence-electron chi connectivity index (χ3n) is 3.47. The molecule has 5 nitrogen and oxygen atoms in total. The maximum atomic E-state index is 12.3. The van der Waals surface area contributed by atoms with Crippen molar-refractivity contribution in [1.82, 2.24) is 9.97 Å². The van der Waals surface area contributed by atoms with Crippen molar-refractivity contribution >= 4 is 34.0 Å². The van der Waals surface area contributed by atoms with Crippen molar-refractivity contribution in [2.75, 3.05) is 5.32 Å². The first-order valence-corrected chi connectivity index (χ1v) is 8.89. The molecule has 2 aromatic heterocycles. The number of anilines is 1. The minimum absolute atomic E-state index is 0.267. The monoisotopic (exact) mass is 373 g/mol. The molecule has 0 fully saturated rings. The van der Waals surface area contributed by atoms with Crippen molar-refractivity contribution in [3.8, 4) is 17.1 Å². The number of amides is 1. The van der Waals surface area contributed by atoms with E-state index < -0.39 is 6.10 Å². The summed E-state index contributed by atoms with van der Waals surface area (Å²) in [5, 5.41) is 5.77. The summed E-state index contributed by atoms with van der Waals surface area (Å²) >= 11 is 7.27. The van der Waals surface area contributed by atoms with Gasteiger partial charge in [-0.25, -0.2) is 4.98 Å². The number of nitrogens with zero attached hydrogens (tertiary/aromatic N) is 2. The van der Waals surface area contributed by atoms with Crippen molar-refractivity contribution in [1.29, 1.82) is 0 Å². The number of aryl methyl sites for hydroxylation is 1. The van der Waals surface area contributed by atoms with Gasteiger partial charge in [0.1, 0.15) is 11.4 Å². The number of thiazole rings is 1. The molecule has 0 unspecified atom stereocenters. The Morgan fingerprint density at radius 2 is 2.12 bits per heavy atom. The van der Waals surface area contributed by atoms with E-state index in [1.165, 1.54) is 11.3 Å². The van der Waals surface area contributed by atoms with Crippen LogP contribution in [0.25, 0.3) is 11.4 Å². The quantitative estimate of drug-likeness (QED) is 0.711. The van der Waals surface area contributed by atoms with Crippen LogP contribution in [0.5, 0.6) is 5.75 Å². The van der Waals surface area contributed by atoms with Crippen molar-refractivity contribution in [2.45, 2.75) is 20.0 Å². The van der Waals surface area contributed by atoms with E-state index in [-0.39, 0.29) is 5.91 Å². The van der Waals surface area contributed by atoms with E-state index in [1.807, 2.05) is 30.5 Å². The minimum Gasteiger partial charge on any atom is -0.481 e. The number of carbonyl (C=O) groups is 1. The Morgan fingerprint density at radius 3 is 2.84 bits per heavy atom. The number of hydrogen-bond acceptors (Lipinski definition) is 5. The largest absolute Gasteiger partial charge is 0.481 e. The molecule has 7 heteroatoms. The molecule has 3 aromatic rings. The molecule has 0 bridgehead atoms. The fourth-order valence-electron chi connectivity index (χ4n) is 2.16. The highest BCUT2D eigenvalue weighted by atomic mass is 35.5. The van der Waals surface area contributed by atoms with Crippen molar-refractivity contribution < 1.29 is 9.53 Å². The predicted molar refractivity (Wildman–Crippen MR) is 100 cm³/mol. The summed E-state index contributed by atoms with van der Waals surface area (Å²) in [6.07, 6.45) is 1.04. The number of ether oxygens (including phenoxy) is 1. The van der Waals surface area contributed by atoms with E-state index >= 15 is 0 Å². The van der Waals surface area contributed by atoms with Gasteiger partial charge in [-0.3, -0.25) is 15.1 Å². The van der Waals surface area contributed by atoms with Gasteiger partial charge in [-0.05, 0) is 49.7 Å². The van der Waals surface area contributed by atoms with Crippen LogP contribution in [0, 0.1) is 6.92 Å². The van der Waals surface area contributed by atoms with Crippen LogP contribution in [0.4, 0.5) is 5.13 Å². The van der Waals surface area contributed by atoms with Crippen LogP contribution < -0.4 is 10.1 Å². The van der Waals surface area contributed by atoms with E-state index in [2.05, 4.69) is 15.3 Å². The van der Waals surface area contributed by atoms with Gasteiger partial charge in [-0.1, -0.05) is 17.7 Å². The van der Waals surface area contributed by atoms with Gasteiger partial charge < -0.3 is 4.74 Å². The number of hydrogen-bond donors (Lipinski definition) is 1. The second kappa shape index (κ2) is 7.63. The highest BCUT2D eigenvalue weighted by Crippen LogP contribution is 2.25. The number of nitrogens with one attached hydrogen (secondary N) is 1. The second-order valence-corrected chi connectivity index (χ2v) is 6.71. The number of carbonyl (C=O) groups excluding carboxylic acids is 1. The molecule has 0 aliphatic heterocycles. The standard InChI is InChI=1S/C18H16ClN3O2S/c1-11-9-13(19)6-7-16(11)24-12(2)17(23)22-18-21-15(10-25-18)14-5-3-4-8-20-14/h3-10,12H,1-2H3,(H,21,22,23)/t12-/m1/s1. The molecule has 0 aliphatic rings. The fraction of sp³-hybridized carbons (Fsp3) is 0.167. The van der Waals surface area contributed by atoms with Gasteiger partial charge >= 0.3 is 0 Å². The second-order valence-electron chi connectivity index (χ2n) is 5.41.